The van der Waals surface area contributed by atoms with E-state index in [9.17, 15) is 18.0 Å². The summed E-state index contributed by atoms with van der Waals surface area (Å²) in [4.78, 5) is 27.2. The zero-order chi connectivity index (χ0) is 23.9. The Kier molecular flexibility index (Phi) is 5.61. The largest absolute Gasteiger partial charge is 0.452 e. The third-order valence-corrected chi connectivity index (χ3v) is 8.11. The molecule has 1 amide bonds. The summed E-state index contributed by atoms with van der Waals surface area (Å²) in [6, 6.07) is 20.8. The van der Waals surface area contributed by atoms with E-state index < -0.39 is 22.6 Å². The minimum Gasteiger partial charge on any atom is -0.452 e. The Morgan fingerprint density at radius 1 is 0.941 bits per heavy atom. The molecular weight excluding hydrogens is 452 g/mol. The predicted molar refractivity (Wildman–Crippen MR) is 128 cm³/mol. The molecule has 0 saturated heterocycles. The van der Waals surface area contributed by atoms with Crippen LogP contribution in [0.1, 0.15) is 28.4 Å². The zero-order valence-electron chi connectivity index (χ0n) is 18.7. The summed E-state index contributed by atoms with van der Waals surface area (Å²) in [5.74, 6) is -1.06. The fourth-order valence-electron chi connectivity index (χ4n) is 4.69. The summed E-state index contributed by atoms with van der Waals surface area (Å²) >= 11 is 0. The van der Waals surface area contributed by atoms with Gasteiger partial charge in [0.2, 0.25) is 0 Å². The molecule has 7 nitrogen and oxygen atoms in total. The van der Waals surface area contributed by atoms with Gasteiger partial charge in [0.1, 0.15) is 0 Å². The van der Waals surface area contributed by atoms with Crippen molar-refractivity contribution in [3.05, 3.63) is 89.5 Å². The number of nitrogens with zero attached hydrogens (tertiary/aromatic N) is 2. The highest BCUT2D eigenvalue weighted by atomic mass is 32.2. The number of hydrogen-bond acceptors (Lipinski definition) is 5. The summed E-state index contributed by atoms with van der Waals surface area (Å²) in [7, 11) is -3.84. The van der Waals surface area contributed by atoms with E-state index >= 15 is 0 Å². The van der Waals surface area contributed by atoms with E-state index in [0.29, 0.717) is 18.7 Å². The van der Waals surface area contributed by atoms with Crippen LogP contribution in [0.25, 0.3) is 0 Å². The van der Waals surface area contributed by atoms with Gasteiger partial charge in [-0.15, -0.1) is 0 Å². The Morgan fingerprint density at radius 2 is 1.65 bits per heavy atom. The van der Waals surface area contributed by atoms with Gasteiger partial charge in [0.05, 0.1) is 16.1 Å². The highest BCUT2D eigenvalue weighted by Gasteiger charge is 2.32. The SMILES string of the molecule is CC1Cc2ccccc2N1C(=O)COC(=O)c1cccc(S(=O)(=O)N2CCc3ccccc32)c1. The van der Waals surface area contributed by atoms with E-state index in [1.165, 1.54) is 28.6 Å². The first-order valence-corrected chi connectivity index (χ1v) is 12.6. The van der Waals surface area contributed by atoms with Crippen LogP contribution >= 0.6 is 0 Å². The maximum Gasteiger partial charge on any atom is 0.338 e. The van der Waals surface area contributed by atoms with E-state index in [2.05, 4.69) is 0 Å². The van der Waals surface area contributed by atoms with Crippen molar-refractivity contribution in [3.63, 3.8) is 0 Å². The number of anilines is 2. The van der Waals surface area contributed by atoms with E-state index in [-0.39, 0.29) is 22.4 Å². The molecule has 3 aromatic carbocycles. The van der Waals surface area contributed by atoms with Gasteiger partial charge in [-0.25, -0.2) is 13.2 Å². The van der Waals surface area contributed by atoms with Crippen LogP contribution in [-0.2, 0) is 32.4 Å². The number of amides is 1. The lowest BCUT2D eigenvalue weighted by Crippen LogP contribution is -2.38. The summed E-state index contributed by atoms with van der Waals surface area (Å²) < 4.78 is 33.2. The molecule has 0 spiro atoms. The van der Waals surface area contributed by atoms with Gasteiger partial charge in [-0.1, -0.05) is 42.5 Å². The smallest absolute Gasteiger partial charge is 0.338 e. The summed E-state index contributed by atoms with van der Waals surface area (Å²) in [6.07, 6.45) is 1.38. The van der Waals surface area contributed by atoms with Gasteiger partial charge in [0, 0.05) is 18.3 Å². The molecule has 34 heavy (non-hydrogen) atoms. The Bertz CT molecular complexity index is 1390. The fourth-order valence-corrected chi connectivity index (χ4v) is 6.24. The fraction of sp³-hybridized carbons (Fsp3) is 0.231. The molecule has 0 saturated carbocycles. The van der Waals surface area contributed by atoms with Crippen LogP contribution in [0.4, 0.5) is 11.4 Å². The molecule has 0 bridgehead atoms. The summed E-state index contributed by atoms with van der Waals surface area (Å²) in [6.45, 7) is 1.87. The van der Waals surface area contributed by atoms with Crippen LogP contribution < -0.4 is 9.21 Å². The number of sulfonamides is 1. The Labute approximate surface area is 198 Å². The van der Waals surface area contributed by atoms with Crippen LogP contribution in [0.15, 0.2) is 77.7 Å². The first kappa shape index (κ1) is 22.2. The van der Waals surface area contributed by atoms with Gasteiger partial charge in [0.25, 0.3) is 15.9 Å². The minimum absolute atomic E-state index is 0.00655. The highest BCUT2D eigenvalue weighted by molar-refractivity contribution is 7.92. The van der Waals surface area contributed by atoms with Crippen molar-refractivity contribution in [2.24, 2.45) is 0 Å². The van der Waals surface area contributed by atoms with E-state index in [4.69, 9.17) is 4.74 Å². The second kappa shape index (κ2) is 8.61. The molecule has 8 heteroatoms. The number of carbonyl (C=O) groups excluding carboxylic acids is 2. The highest BCUT2D eigenvalue weighted by Crippen LogP contribution is 2.33. The lowest BCUT2D eigenvalue weighted by molar-refractivity contribution is -0.122. The molecule has 2 aliphatic heterocycles. The first-order valence-electron chi connectivity index (χ1n) is 11.1. The van der Waals surface area contributed by atoms with Crippen molar-refractivity contribution < 1.29 is 22.7 Å². The summed E-state index contributed by atoms with van der Waals surface area (Å²) in [5, 5.41) is 0. The number of benzene rings is 3. The van der Waals surface area contributed by atoms with Crippen molar-refractivity contribution in [2.75, 3.05) is 22.4 Å². The molecular formula is C26H24N2O5S. The second-order valence-electron chi connectivity index (χ2n) is 8.51. The van der Waals surface area contributed by atoms with Crippen molar-refractivity contribution in [2.45, 2.75) is 30.7 Å². The Morgan fingerprint density at radius 3 is 2.44 bits per heavy atom. The van der Waals surface area contributed by atoms with Crippen LogP contribution in [0.2, 0.25) is 0 Å². The molecule has 2 heterocycles. The van der Waals surface area contributed by atoms with Crippen molar-refractivity contribution in [1.29, 1.82) is 0 Å². The second-order valence-corrected chi connectivity index (χ2v) is 10.4. The zero-order valence-corrected chi connectivity index (χ0v) is 19.5. The van der Waals surface area contributed by atoms with E-state index in [1.807, 2.05) is 43.3 Å². The van der Waals surface area contributed by atoms with Gasteiger partial charge >= 0.3 is 5.97 Å². The van der Waals surface area contributed by atoms with Crippen LogP contribution in [-0.4, -0.2) is 39.5 Å². The van der Waals surface area contributed by atoms with E-state index in [0.717, 1.165) is 23.2 Å². The standard InChI is InChI=1S/C26H24N2O5S/c1-18-15-20-8-3-5-12-24(20)28(18)25(29)17-33-26(30)21-9-6-10-22(16-21)34(31,32)27-14-13-19-7-2-4-11-23(19)27/h2-12,16,18H,13-15,17H2,1H3. The van der Waals surface area contributed by atoms with Gasteiger partial charge in [-0.3, -0.25) is 9.10 Å². The minimum atomic E-state index is -3.84. The third kappa shape index (κ3) is 3.84. The first-order chi connectivity index (χ1) is 16.4. The lowest BCUT2D eigenvalue weighted by Gasteiger charge is -2.22. The molecule has 1 unspecified atom stereocenters. The van der Waals surface area contributed by atoms with Crippen LogP contribution in [0.5, 0.6) is 0 Å². The molecule has 0 fully saturated rings. The van der Waals surface area contributed by atoms with Crippen LogP contribution in [0.3, 0.4) is 0 Å². The average molecular weight is 477 g/mol. The summed E-state index contributed by atoms with van der Waals surface area (Å²) in [5.41, 5.74) is 3.61. The molecule has 174 valence electrons. The maximum absolute atomic E-state index is 13.3. The molecule has 0 aromatic heterocycles. The predicted octanol–water partition coefficient (Wildman–Crippen LogP) is 3.57. The lowest BCUT2D eigenvalue weighted by atomic mass is 10.1. The molecule has 0 N–H and O–H groups in total. The molecule has 3 aromatic rings. The molecule has 1 atom stereocenters. The number of esters is 1. The molecule has 5 rings (SSSR count). The number of carbonyl (C=O) groups is 2. The number of ether oxygens (including phenoxy) is 1. The van der Waals surface area contributed by atoms with Crippen molar-refractivity contribution in [1.82, 2.24) is 0 Å². The number of fused-ring (bicyclic) bond motifs is 2. The number of rotatable bonds is 5. The third-order valence-electron chi connectivity index (χ3n) is 6.30. The Hall–Kier alpha value is -3.65. The topological polar surface area (TPSA) is 84.0 Å². The molecule has 0 radical (unpaired) electrons. The van der Waals surface area contributed by atoms with Gasteiger partial charge in [-0.2, -0.15) is 0 Å². The van der Waals surface area contributed by atoms with E-state index in [1.54, 1.807) is 17.0 Å². The van der Waals surface area contributed by atoms with Gasteiger partial charge in [-0.05, 0) is 61.2 Å². The van der Waals surface area contributed by atoms with Crippen LogP contribution in [0, 0.1) is 0 Å². The monoisotopic (exact) mass is 476 g/mol. The number of para-hydroxylation sites is 2. The quantitative estimate of drug-likeness (QED) is 0.526. The molecule has 0 aliphatic carbocycles. The average Bonchev–Trinajstić information content (AvgIpc) is 3.43. The normalized spacial score (nSPS) is 16.8. The Balaban J connectivity index is 1.30. The number of hydrogen-bond donors (Lipinski definition) is 0. The van der Waals surface area contributed by atoms with Gasteiger partial charge < -0.3 is 9.64 Å². The molecule has 2 aliphatic rings. The maximum atomic E-state index is 13.3. The van der Waals surface area contributed by atoms with Crippen molar-refractivity contribution in [3.8, 4) is 0 Å². The van der Waals surface area contributed by atoms with Crippen molar-refractivity contribution >= 4 is 33.3 Å². The van der Waals surface area contributed by atoms with Gasteiger partial charge in [0.15, 0.2) is 6.61 Å².